The number of nitrogens with one attached hydrogen (secondary N) is 2. The largest absolute Gasteiger partial charge is 0.378 e. The summed E-state index contributed by atoms with van der Waals surface area (Å²) < 4.78 is 0. The van der Waals surface area contributed by atoms with Crippen LogP contribution in [-0.4, -0.2) is 19.2 Å². The first-order chi connectivity index (χ1) is 9.97. The van der Waals surface area contributed by atoms with Gasteiger partial charge in [-0.2, -0.15) is 0 Å². The van der Waals surface area contributed by atoms with Gasteiger partial charge in [0.25, 0.3) is 0 Å². The van der Waals surface area contributed by atoms with E-state index in [4.69, 9.17) is 35.4 Å². The van der Waals surface area contributed by atoms with Gasteiger partial charge < -0.3 is 15.5 Å². The van der Waals surface area contributed by atoms with Crippen molar-refractivity contribution in [3.63, 3.8) is 0 Å². The van der Waals surface area contributed by atoms with Gasteiger partial charge in [-0.1, -0.05) is 29.3 Å². The number of hydrogen-bond donors (Lipinski definition) is 2. The van der Waals surface area contributed by atoms with Gasteiger partial charge >= 0.3 is 0 Å². The molecule has 0 saturated heterocycles. The lowest BCUT2D eigenvalue weighted by atomic mass is 10.2. The van der Waals surface area contributed by atoms with Crippen LogP contribution in [0.5, 0.6) is 0 Å². The van der Waals surface area contributed by atoms with Crippen LogP contribution in [-0.2, 0) is 0 Å². The molecule has 6 heteroatoms. The number of nitrogens with zero attached hydrogens (tertiary/aromatic N) is 1. The van der Waals surface area contributed by atoms with Crippen molar-refractivity contribution >= 4 is 57.6 Å². The Labute approximate surface area is 139 Å². The molecule has 2 rings (SSSR count). The van der Waals surface area contributed by atoms with E-state index >= 15 is 0 Å². The Kier molecular flexibility index (Phi) is 5.28. The molecule has 110 valence electrons. The van der Waals surface area contributed by atoms with Gasteiger partial charge in [0.2, 0.25) is 0 Å². The molecular formula is C15H15Cl2N3S. The fourth-order valence-corrected chi connectivity index (χ4v) is 2.30. The zero-order chi connectivity index (χ0) is 15.4. The van der Waals surface area contributed by atoms with Crippen LogP contribution in [0.1, 0.15) is 0 Å². The molecular weight excluding hydrogens is 325 g/mol. The van der Waals surface area contributed by atoms with Gasteiger partial charge in [-0.25, -0.2) is 0 Å². The van der Waals surface area contributed by atoms with Crippen molar-refractivity contribution < 1.29 is 0 Å². The summed E-state index contributed by atoms with van der Waals surface area (Å²) in [6, 6.07) is 13.3. The molecule has 0 saturated carbocycles. The molecule has 21 heavy (non-hydrogen) atoms. The summed E-state index contributed by atoms with van der Waals surface area (Å²) in [5, 5.41) is 7.53. The molecule has 0 aliphatic rings. The van der Waals surface area contributed by atoms with Gasteiger partial charge in [-0.3, -0.25) is 0 Å². The molecule has 2 aromatic rings. The number of hydrogen-bond acceptors (Lipinski definition) is 2. The highest BCUT2D eigenvalue weighted by atomic mass is 35.5. The van der Waals surface area contributed by atoms with E-state index in [1.807, 2.05) is 55.4 Å². The fraction of sp³-hybridized carbons (Fsp3) is 0.133. The topological polar surface area (TPSA) is 27.3 Å². The molecule has 0 aromatic heterocycles. The summed E-state index contributed by atoms with van der Waals surface area (Å²) in [5.41, 5.74) is 2.69. The molecule has 2 N–H and O–H groups in total. The predicted octanol–water partition coefficient (Wildman–Crippen LogP) is 4.87. The lowest BCUT2D eigenvalue weighted by Gasteiger charge is -2.15. The van der Waals surface area contributed by atoms with Gasteiger partial charge in [0.05, 0.1) is 15.7 Å². The van der Waals surface area contributed by atoms with Crippen LogP contribution < -0.4 is 15.5 Å². The number of halogens is 2. The molecule has 0 unspecified atom stereocenters. The Balaban J connectivity index is 2.03. The summed E-state index contributed by atoms with van der Waals surface area (Å²) in [5.74, 6) is 0. The van der Waals surface area contributed by atoms with E-state index in [0.717, 1.165) is 11.4 Å². The van der Waals surface area contributed by atoms with Crippen molar-refractivity contribution in [3.05, 3.63) is 52.5 Å². The van der Waals surface area contributed by atoms with Crippen molar-refractivity contribution in [1.82, 2.24) is 0 Å². The van der Waals surface area contributed by atoms with Gasteiger partial charge in [0.15, 0.2) is 5.11 Å². The standard InChI is InChI=1S/C15H15Cl2N3S/c1-20(2)11-8-6-10(7-9-11)18-15(21)19-13-5-3-4-12(16)14(13)17/h3-9H,1-2H3,(H2,18,19,21). The van der Waals surface area contributed by atoms with Crippen LogP contribution in [0, 0.1) is 0 Å². The first-order valence-corrected chi connectivity index (χ1v) is 7.43. The molecule has 0 fully saturated rings. The van der Waals surface area contributed by atoms with Crippen LogP contribution in [0.25, 0.3) is 0 Å². The Morgan fingerprint density at radius 3 is 2.29 bits per heavy atom. The molecule has 0 amide bonds. The monoisotopic (exact) mass is 339 g/mol. The van der Waals surface area contributed by atoms with Crippen LogP contribution in [0.3, 0.4) is 0 Å². The van der Waals surface area contributed by atoms with Gasteiger partial charge in [0.1, 0.15) is 0 Å². The van der Waals surface area contributed by atoms with Crippen molar-refractivity contribution in [2.24, 2.45) is 0 Å². The van der Waals surface area contributed by atoms with E-state index in [1.165, 1.54) is 0 Å². The molecule has 0 bridgehead atoms. The van der Waals surface area contributed by atoms with Crippen LogP contribution in [0.15, 0.2) is 42.5 Å². The van der Waals surface area contributed by atoms with E-state index in [1.54, 1.807) is 6.07 Å². The minimum Gasteiger partial charge on any atom is -0.378 e. The van der Waals surface area contributed by atoms with E-state index < -0.39 is 0 Å². The molecule has 0 aliphatic heterocycles. The Hall–Kier alpha value is -1.49. The Morgan fingerprint density at radius 2 is 1.67 bits per heavy atom. The third-order valence-corrected chi connectivity index (χ3v) is 3.86. The summed E-state index contributed by atoms with van der Waals surface area (Å²) in [4.78, 5) is 2.03. The van der Waals surface area contributed by atoms with Crippen LogP contribution >= 0.6 is 35.4 Å². The lowest BCUT2D eigenvalue weighted by molar-refractivity contribution is 1.13. The predicted molar refractivity (Wildman–Crippen MR) is 97.1 cm³/mol. The molecule has 0 spiro atoms. The Morgan fingerprint density at radius 1 is 1.00 bits per heavy atom. The van der Waals surface area contributed by atoms with Crippen molar-refractivity contribution in [1.29, 1.82) is 0 Å². The lowest BCUT2D eigenvalue weighted by Crippen LogP contribution is -2.19. The van der Waals surface area contributed by atoms with E-state index in [-0.39, 0.29) is 0 Å². The van der Waals surface area contributed by atoms with Crippen molar-refractivity contribution in [2.45, 2.75) is 0 Å². The molecule has 0 radical (unpaired) electrons. The quantitative estimate of drug-likeness (QED) is 0.780. The van der Waals surface area contributed by atoms with Gasteiger partial charge in [0, 0.05) is 25.5 Å². The maximum atomic E-state index is 6.11. The summed E-state index contributed by atoms with van der Waals surface area (Å²) in [6.45, 7) is 0. The summed E-state index contributed by atoms with van der Waals surface area (Å²) >= 11 is 17.3. The zero-order valence-corrected chi connectivity index (χ0v) is 14.0. The minimum absolute atomic E-state index is 0.450. The second kappa shape index (κ2) is 6.98. The first-order valence-electron chi connectivity index (χ1n) is 6.27. The van der Waals surface area contributed by atoms with Gasteiger partial charge in [-0.15, -0.1) is 0 Å². The number of rotatable bonds is 3. The number of thiocarbonyl (C=S) groups is 1. The van der Waals surface area contributed by atoms with Gasteiger partial charge in [-0.05, 0) is 48.6 Å². The maximum Gasteiger partial charge on any atom is 0.175 e. The third-order valence-electron chi connectivity index (χ3n) is 2.84. The third kappa shape index (κ3) is 4.24. The Bertz CT molecular complexity index is 642. The normalized spacial score (nSPS) is 10.1. The van der Waals surface area contributed by atoms with E-state index in [0.29, 0.717) is 20.8 Å². The first kappa shape index (κ1) is 15.9. The maximum absolute atomic E-state index is 6.11. The molecule has 0 atom stereocenters. The highest BCUT2D eigenvalue weighted by Crippen LogP contribution is 2.29. The van der Waals surface area contributed by atoms with Crippen molar-refractivity contribution in [3.8, 4) is 0 Å². The summed E-state index contributed by atoms with van der Waals surface area (Å²) in [6.07, 6.45) is 0. The van der Waals surface area contributed by atoms with Crippen molar-refractivity contribution in [2.75, 3.05) is 29.6 Å². The smallest absolute Gasteiger partial charge is 0.175 e. The zero-order valence-electron chi connectivity index (χ0n) is 11.7. The van der Waals surface area contributed by atoms with Crippen LogP contribution in [0.4, 0.5) is 17.1 Å². The SMILES string of the molecule is CN(C)c1ccc(NC(=S)Nc2cccc(Cl)c2Cl)cc1. The highest BCUT2D eigenvalue weighted by Gasteiger charge is 2.06. The van der Waals surface area contributed by atoms with E-state index in [2.05, 4.69) is 10.6 Å². The van der Waals surface area contributed by atoms with Crippen LogP contribution in [0.2, 0.25) is 10.0 Å². The fourth-order valence-electron chi connectivity index (χ4n) is 1.73. The molecule has 0 heterocycles. The average molecular weight is 340 g/mol. The molecule has 2 aromatic carbocycles. The minimum atomic E-state index is 0.450. The number of anilines is 3. The van der Waals surface area contributed by atoms with E-state index in [9.17, 15) is 0 Å². The molecule has 0 aliphatic carbocycles. The second-order valence-electron chi connectivity index (χ2n) is 4.62. The second-order valence-corrected chi connectivity index (χ2v) is 5.82. The summed E-state index contributed by atoms with van der Waals surface area (Å²) in [7, 11) is 3.99. The highest BCUT2D eigenvalue weighted by molar-refractivity contribution is 7.80. The number of benzene rings is 2. The average Bonchev–Trinajstić information content (AvgIpc) is 2.44. The molecule has 3 nitrogen and oxygen atoms in total.